The summed E-state index contributed by atoms with van der Waals surface area (Å²) >= 11 is 6.38. The van der Waals surface area contributed by atoms with Crippen LogP contribution in [-0.2, 0) is 26.2 Å². The highest BCUT2D eigenvalue weighted by Gasteiger charge is 2.31. The second kappa shape index (κ2) is 13.2. The maximum Gasteiger partial charge on any atom is 0.243 e. The standard InChI is InChI=1S/C27H36ClN3O4S/c1-3-25(27(33)29-22-13-8-9-14-22)31(20-21-12-7-10-17-24(21)28)26(32)18-11-19-30(2)36(34,35)23-15-5-4-6-16-23/h4-7,10,12,15-17,22,25H,3,8-9,11,13-14,18-20H2,1-2H3,(H,29,33). The van der Waals surface area contributed by atoms with Crippen LogP contribution in [0, 0.1) is 0 Å². The van der Waals surface area contributed by atoms with Crippen LogP contribution < -0.4 is 5.32 Å². The fraction of sp³-hybridized carbons (Fsp3) is 0.481. The SMILES string of the molecule is CCC(C(=O)NC1CCCC1)N(Cc1ccccc1Cl)C(=O)CCCN(C)S(=O)(=O)c1ccccc1. The van der Waals surface area contributed by atoms with Crippen molar-refractivity contribution in [2.24, 2.45) is 0 Å². The minimum absolute atomic E-state index is 0.117. The van der Waals surface area contributed by atoms with Gasteiger partial charge < -0.3 is 10.2 Å². The van der Waals surface area contributed by atoms with Crippen molar-refractivity contribution < 1.29 is 18.0 Å². The zero-order valence-electron chi connectivity index (χ0n) is 21.0. The summed E-state index contributed by atoms with van der Waals surface area (Å²) in [5.41, 5.74) is 0.767. The molecule has 1 unspecified atom stereocenters. The normalized spacial score (nSPS) is 15.1. The summed E-state index contributed by atoms with van der Waals surface area (Å²) in [6.07, 6.45) is 5.04. The lowest BCUT2D eigenvalue weighted by Crippen LogP contribution is -2.51. The number of rotatable bonds is 12. The molecule has 3 rings (SSSR count). The first-order valence-electron chi connectivity index (χ1n) is 12.6. The van der Waals surface area contributed by atoms with E-state index >= 15 is 0 Å². The van der Waals surface area contributed by atoms with Gasteiger partial charge in [0, 0.05) is 37.6 Å². The van der Waals surface area contributed by atoms with Gasteiger partial charge in [0.15, 0.2) is 0 Å². The zero-order chi connectivity index (χ0) is 26.1. The number of nitrogens with one attached hydrogen (secondary N) is 1. The Kier molecular flexibility index (Phi) is 10.3. The predicted octanol–water partition coefficient (Wildman–Crippen LogP) is 4.61. The summed E-state index contributed by atoms with van der Waals surface area (Å²) in [5, 5.41) is 3.66. The van der Waals surface area contributed by atoms with Gasteiger partial charge in [0.05, 0.1) is 4.90 Å². The van der Waals surface area contributed by atoms with E-state index in [0.29, 0.717) is 17.9 Å². The van der Waals surface area contributed by atoms with E-state index in [0.717, 1.165) is 31.2 Å². The van der Waals surface area contributed by atoms with Crippen LogP contribution in [0.3, 0.4) is 0 Å². The molecule has 9 heteroatoms. The zero-order valence-corrected chi connectivity index (χ0v) is 22.6. The van der Waals surface area contributed by atoms with Gasteiger partial charge in [-0.3, -0.25) is 9.59 Å². The lowest BCUT2D eigenvalue weighted by Gasteiger charge is -2.32. The number of benzene rings is 2. The Balaban J connectivity index is 1.70. The van der Waals surface area contributed by atoms with Gasteiger partial charge in [-0.05, 0) is 49.4 Å². The minimum atomic E-state index is -3.63. The molecule has 0 aromatic heterocycles. The molecule has 1 N–H and O–H groups in total. The number of carbonyl (C=O) groups excluding carboxylic acids is 2. The summed E-state index contributed by atoms with van der Waals surface area (Å²) in [5.74, 6) is -0.345. The minimum Gasteiger partial charge on any atom is -0.352 e. The summed E-state index contributed by atoms with van der Waals surface area (Å²) in [6.45, 7) is 2.30. The molecule has 1 atom stereocenters. The molecule has 0 radical (unpaired) electrons. The summed E-state index contributed by atoms with van der Waals surface area (Å²) in [4.78, 5) is 28.4. The van der Waals surface area contributed by atoms with Gasteiger partial charge in [0.25, 0.3) is 0 Å². The maximum absolute atomic E-state index is 13.4. The molecule has 2 amide bonds. The molecule has 36 heavy (non-hydrogen) atoms. The Morgan fingerprint density at radius 3 is 2.33 bits per heavy atom. The van der Waals surface area contributed by atoms with Gasteiger partial charge in [-0.2, -0.15) is 0 Å². The molecule has 1 fully saturated rings. The number of carbonyl (C=O) groups is 2. The molecule has 2 aromatic carbocycles. The molecule has 0 spiro atoms. The molecule has 1 saturated carbocycles. The fourth-order valence-electron chi connectivity index (χ4n) is 4.59. The second-order valence-corrected chi connectivity index (χ2v) is 11.7. The molecule has 0 bridgehead atoms. The van der Waals surface area contributed by atoms with Gasteiger partial charge in [-0.25, -0.2) is 12.7 Å². The Hall–Kier alpha value is -2.42. The molecular weight excluding hydrogens is 498 g/mol. The number of hydrogen-bond acceptors (Lipinski definition) is 4. The van der Waals surface area contributed by atoms with E-state index in [9.17, 15) is 18.0 Å². The highest BCUT2D eigenvalue weighted by Crippen LogP contribution is 2.22. The molecule has 7 nitrogen and oxygen atoms in total. The monoisotopic (exact) mass is 533 g/mol. The third-order valence-electron chi connectivity index (χ3n) is 6.70. The van der Waals surface area contributed by atoms with Gasteiger partial charge in [-0.15, -0.1) is 0 Å². The van der Waals surface area contributed by atoms with Crippen LogP contribution in [0.1, 0.15) is 57.4 Å². The molecule has 1 aliphatic carbocycles. The van der Waals surface area contributed by atoms with E-state index in [1.807, 2.05) is 25.1 Å². The fourth-order valence-corrected chi connectivity index (χ4v) is 6.01. The summed E-state index contributed by atoms with van der Waals surface area (Å²) < 4.78 is 26.8. The van der Waals surface area contributed by atoms with Crippen molar-refractivity contribution in [2.75, 3.05) is 13.6 Å². The molecule has 0 heterocycles. The van der Waals surface area contributed by atoms with Crippen molar-refractivity contribution in [1.29, 1.82) is 0 Å². The van der Waals surface area contributed by atoms with Crippen molar-refractivity contribution in [3.05, 3.63) is 65.2 Å². The predicted molar refractivity (Wildman–Crippen MR) is 142 cm³/mol. The lowest BCUT2D eigenvalue weighted by atomic mass is 10.1. The Morgan fingerprint density at radius 2 is 1.69 bits per heavy atom. The highest BCUT2D eigenvalue weighted by atomic mass is 35.5. The largest absolute Gasteiger partial charge is 0.352 e. The highest BCUT2D eigenvalue weighted by molar-refractivity contribution is 7.89. The van der Waals surface area contributed by atoms with Crippen LogP contribution >= 0.6 is 11.6 Å². The van der Waals surface area contributed by atoms with Gasteiger partial charge in [-0.1, -0.05) is 67.8 Å². The van der Waals surface area contributed by atoms with Crippen LogP contribution in [0.4, 0.5) is 0 Å². The van der Waals surface area contributed by atoms with Crippen LogP contribution in [0.25, 0.3) is 0 Å². The average Bonchev–Trinajstić information content (AvgIpc) is 3.38. The number of sulfonamides is 1. The van der Waals surface area contributed by atoms with E-state index in [4.69, 9.17) is 11.6 Å². The first kappa shape index (κ1) is 28.2. The first-order chi connectivity index (χ1) is 17.2. The molecule has 1 aliphatic rings. The van der Waals surface area contributed by atoms with E-state index < -0.39 is 16.1 Å². The molecule has 0 aliphatic heterocycles. The molecular formula is C27H36ClN3O4S. The van der Waals surface area contributed by atoms with E-state index in [1.54, 1.807) is 41.3 Å². The third kappa shape index (κ3) is 7.31. The van der Waals surface area contributed by atoms with Crippen LogP contribution in [0.5, 0.6) is 0 Å². The smallest absolute Gasteiger partial charge is 0.243 e. The topological polar surface area (TPSA) is 86.8 Å². The van der Waals surface area contributed by atoms with Gasteiger partial charge in [0.2, 0.25) is 21.8 Å². The van der Waals surface area contributed by atoms with Gasteiger partial charge in [0.1, 0.15) is 6.04 Å². The average molecular weight is 534 g/mol. The van der Waals surface area contributed by atoms with Crippen molar-refractivity contribution in [2.45, 2.75) is 75.4 Å². The van der Waals surface area contributed by atoms with Crippen LogP contribution in [-0.4, -0.2) is 55.1 Å². The van der Waals surface area contributed by atoms with Crippen LogP contribution in [0.2, 0.25) is 5.02 Å². The number of hydrogen-bond donors (Lipinski definition) is 1. The third-order valence-corrected chi connectivity index (χ3v) is 8.94. The number of amides is 2. The van der Waals surface area contributed by atoms with Crippen molar-refractivity contribution in [1.82, 2.24) is 14.5 Å². The van der Waals surface area contributed by atoms with Crippen molar-refractivity contribution in [3.8, 4) is 0 Å². The molecule has 2 aromatic rings. The Morgan fingerprint density at radius 1 is 1.06 bits per heavy atom. The molecule has 196 valence electrons. The molecule has 0 saturated heterocycles. The number of halogens is 1. The Labute approximate surface area is 219 Å². The van der Waals surface area contributed by atoms with E-state index in [-0.39, 0.29) is 42.3 Å². The summed E-state index contributed by atoms with van der Waals surface area (Å²) in [6, 6.07) is 15.1. The first-order valence-corrected chi connectivity index (χ1v) is 14.4. The van der Waals surface area contributed by atoms with Crippen molar-refractivity contribution >= 4 is 33.4 Å². The van der Waals surface area contributed by atoms with E-state index in [2.05, 4.69) is 5.32 Å². The van der Waals surface area contributed by atoms with Gasteiger partial charge >= 0.3 is 0 Å². The van der Waals surface area contributed by atoms with E-state index in [1.165, 1.54) is 11.4 Å². The Bertz CT molecular complexity index is 1120. The van der Waals surface area contributed by atoms with Crippen LogP contribution in [0.15, 0.2) is 59.5 Å². The second-order valence-electron chi connectivity index (χ2n) is 9.27. The quantitative estimate of drug-likeness (QED) is 0.432. The summed E-state index contributed by atoms with van der Waals surface area (Å²) in [7, 11) is -2.12. The number of nitrogens with zero attached hydrogens (tertiary/aromatic N) is 2. The maximum atomic E-state index is 13.4. The van der Waals surface area contributed by atoms with Crippen molar-refractivity contribution in [3.63, 3.8) is 0 Å². The lowest BCUT2D eigenvalue weighted by molar-refractivity contribution is -0.141.